The van der Waals surface area contributed by atoms with Crippen molar-refractivity contribution < 1.29 is 30.6 Å². The third-order valence-electron chi connectivity index (χ3n) is 8.40. The van der Waals surface area contributed by atoms with Crippen LogP contribution in [0, 0.1) is 6.07 Å². The van der Waals surface area contributed by atoms with E-state index in [4.69, 9.17) is 9.40 Å². The van der Waals surface area contributed by atoms with Crippen LogP contribution in [-0.4, -0.2) is 19.6 Å². The van der Waals surface area contributed by atoms with E-state index in [1.165, 1.54) is 5.56 Å². The number of aromatic nitrogens is 3. The summed E-state index contributed by atoms with van der Waals surface area (Å²) in [6.45, 7) is 6.65. The van der Waals surface area contributed by atoms with Crippen LogP contribution in [-0.2, 0) is 26.5 Å². The number of benzene rings is 5. The molecule has 0 aliphatic rings. The van der Waals surface area contributed by atoms with Crippen molar-refractivity contribution in [1.82, 2.24) is 14.5 Å². The van der Waals surface area contributed by atoms with Gasteiger partial charge in [0, 0.05) is 55.5 Å². The Hall–Kier alpha value is -4.99. The maximum absolute atomic E-state index is 11.4. The molecule has 0 spiro atoms. The second kappa shape index (κ2) is 11.4. The van der Waals surface area contributed by atoms with Crippen molar-refractivity contribution in [3.05, 3.63) is 133 Å². The van der Waals surface area contributed by atoms with Crippen LogP contribution in [0.5, 0.6) is 5.75 Å². The van der Waals surface area contributed by atoms with Crippen LogP contribution in [0.3, 0.4) is 0 Å². The van der Waals surface area contributed by atoms with Gasteiger partial charge in [-0.3, -0.25) is 9.55 Å². The van der Waals surface area contributed by atoms with Crippen molar-refractivity contribution in [3.8, 4) is 45.2 Å². The summed E-state index contributed by atoms with van der Waals surface area (Å²) in [4.78, 5) is 9.93. The van der Waals surface area contributed by atoms with E-state index < -0.39 is 0 Å². The van der Waals surface area contributed by atoms with Crippen LogP contribution >= 0.6 is 0 Å². The molecule has 0 radical (unpaired) electrons. The summed E-state index contributed by atoms with van der Waals surface area (Å²) < 4.78 is 8.18. The normalized spacial score (nSPS) is 11.7. The number of nitrogens with zero attached hydrogens (tertiary/aromatic N) is 3. The summed E-state index contributed by atoms with van der Waals surface area (Å²) >= 11 is 0. The van der Waals surface area contributed by atoms with Crippen molar-refractivity contribution in [2.45, 2.75) is 26.2 Å². The molecule has 6 heteroatoms. The molecule has 0 bridgehead atoms. The zero-order chi connectivity index (χ0) is 30.7. The number of aromatic hydroxyl groups is 1. The quantitative estimate of drug-likeness (QED) is 0.181. The predicted molar refractivity (Wildman–Crippen MR) is 182 cm³/mol. The first-order chi connectivity index (χ1) is 21.8. The fraction of sp³-hybridized carbons (Fsp3) is 0.100. The molecule has 3 heterocycles. The van der Waals surface area contributed by atoms with Gasteiger partial charge in [0.2, 0.25) is 0 Å². The Morgan fingerprint density at radius 1 is 0.717 bits per heavy atom. The van der Waals surface area contributed by atoms with Gasteiger partial charge < -0.3 is 9.52 Å². The Kier molecular flexibility index (Phi) is 7.38. The molecular weight excluding hydrogens is 750 g/mol. The Morgan fingerprint density at radius 3 is 2.26 bits per heavy atom. The van der Waals surface area contributed by atoms with Crippen molar-refractivity contribution in [3.63, 3.8) is 0 Å². The summed E-state index contributed by atoms with van der Waals surface area (Å²) in [6.07, 6.45) is 1.81. The Bertz CT molecular complexity index is 2370. The molecule has 8 rings (SSSR count). The number of rotatable bonds is 4. The Balaban J connectivity index is 0.00000338. The number of hydrogen-bond donors (Lipinski definition) is 1. The summed E-state index contributed by atoms with van der Waals surface area (Å²) in [6, 6.07) is 42.0. The van der Waals surface area contributed by atoms with Crippen LogP contribution in [0.4, 0.5) is 0 Å². The SMILES string of the molecule is CC(C)(C)c1cc(-c2ccccn2)[c-]c(-c2cccc3c2nc(-c2cc4c(cc2O)oc2ccccc24)n3-c2ccccc2)c1.[Pt]. The molecule has 228 valence electrons. The summed E-state index contributed by atoms with van der Waals surface area (Å²) in [5.41, 5.74) is 9.55. The summed E-state index contributed by atoms with van der Waals surface area (Å²) in [5.74, 6) is 0.750. The number of phenolic OH excluding ortho intramolecular Hbond substituents is 1. The van der Waals surface area contributed by atoms with E-state index in [0.717, 1.165) is 55.5 Å². The molecule has 5 nitrogen and oxygen atoms in total. The van der Waals surface area contributed by atoms with E-state index in [1.54, 1.807) is 6.07 Å². The first kappa shape index (κ1) is 29.7. The smallest absolute Gasteiger partial charge is 0.148 e. The average molecular weight is 780 g/mol. The molecule has 3 aromatic heterocycles. The molecule has 0 atom stereocenters. The predicted octanol–water partition coefficient (Wildman–Crippen LogP) is 10.1. The number of phenols is 1. The first-order valence-electron chi connectivity index (χ1n) is 15.1. The molecule has 0 amide bonds. The number of fused-ring (bicyclic) bond motifs is 4. The minimum Gasteiger partial charge on any atom is -0.507 e. The summed E-state index contributed by atoms with van der Waals surface area (Å²) in [7, 11) is 0. The van der Waals surface area contributed by atoms with Gasteiger partial charge in [0.05, 0.1) is 16.6 Å². The third-order valence-corrected chi connectivity index (χ3v) is 8.40. The van der Waals surface area contributed by atoms with Gasteiger partial charge in [-0.05, 0) is 41.8 Å². The van der Waals surface area contributed by atoms with Crippen LogP contribution in [0.2, 0.25) is 0 Å². The minimum absolute atomic E-state index is 0. The van der Waals surface area contributed by atoms with E-state index in [9.17, 15) is 5.11 Å². The minimum atomic E-state index is -0.0929. The van der Waals surface area contributed by atoms with Gasteiger partial charge >= 0.3 is 0 Å². The zero-order valence-electron chi connectivity index (χ0n) is 25.6. The van der Waals surface area contributed by atoms with Crippen LogP contribution in [0.15, 0.2) is 126 Å². The van der Waals surface area contributed by atoms with Crippen molar-refractivity contribution in [2.24, 2.45) is 0 Å². The summed E-state index contributed by atoms with van der Waals surface area (Å²) in [5, 5.41) is 13.4. The number of furan rings is 1. The standard InChI is InChI=1S/C40H30N3O2.Pt/c1-40(2,3)27-21-25(20-26(22-27)33-16-9-10-19-41-33)29-15-11-17-34-38(29)42-39(43(34)28-12-5-4-6-13-28)32-23-31-30-14-7-8-18-36(30)45-37(31)24-35(32)44;/h4-19,21-24,44H,1-3H3;/q-1;. The van der Waals surface area contributed by atoms with Crippen LogP contribution < -0.4 is 0 Å². The molecule has 0 aliphatic carbocycles. The van der Waals surface area contributed by atoms with E-state index in [1.807, 2.05) is 72.9 Å². The number of hydrogen-bond acceptors (Lipinski definition) is 4. The average Bonchev–Trinajstić information content (AvgIpc) is 3.62. The molecule has 0 aliphatic heterocycles. The molecule has 0 fully saturated rings. The molecule has 5 aromatic carbocycles. The molecule has 0 unspecified atom stereocenters. The maximum Gasteiger partial charge on any atom is 0.148 e. The van der Waals surface area contributed by atoms with Gasteiger partial charge in [-0.15, -0.1) is 29.3 Å². The first-order valence-corrected chi connectivity index (χ1v) is 15.1. The molecule has 8 aromatic rings. The molecule has 46 heavy (non-hydrogen) atoms. The van der Waals surface area contributed by atoms with Gasteiger partial charge in [-0.2, -0.15) is 0 Å². The maximum atomic E-state index is 11.4. The monoisotopic (exact) mass is 779 g/mol. The largest absolute Gasteiger partial charge is 0.507 e. The number of para-hydroxylation sites is 3. The van der Waals surface area contributed by atoms with Gasteiger partial charge in [0.1, 0.15) is 22.7 Å². The molecular formula is C40H30N3O2Pt-. The molecule has 0 saturated carbocycles. The van der Waals surface area contributed by atoms with Crippen LogP contribution in [0.1, 0.15) is 26.3 Å². The van der Waals surface area contributed by atoms with E-state index in [0.29, 0.717) is 17.0 Å². The van der Waals surface area contributed by atoms with Gasteiger partial charge in [-0.25, -0.2) is 4.98 Å². The number of imidazole rings is 1. The van der Waals surface area contributed by atoms with Crippen molar-refractivity contribution in [1.29, 1.82) is 0 Å². The second-order valence-corrected chi connectivity index (χ2v) is 12.4. The fourth-order valence-electron chi connectivity index (χ4n) is 6.08. The van der Waals surface area contributed by atoms with Gasteiger partial charge in [0.25, 0.3) is 0 Å². The van der Waals surface area contributed by atoms with Gasteiger partial charge in [0.15, 0.2) is 0 Å². The van der Waals surface area contributed by atoms with Crippen LogP contribution in [0.25, 0.3) is 72.4 Å². The molecule has 0 saturated heterocycles. The van der Waals surface area contributed by atoms with Gasteiger partial charge in [-0.1, -0.05) is 92.6 Å². The topological polar surface area (TPSA) is 64.1 Å². The van der Waals surface area contributed by atoms with Crippen molar-refractivity contribution >= 4 is 33.0 Å². The zero-order valence-corrected chi connectivity index (χ0v) is 27.8. The van der Waals surface area contributed by atoms with Crippen molar-refractivity contribution in [2.75, 3.05) is 0 Å². The third kappa shape index (κ3) is 5.01. The Labute approximate surface area is 281 Å². The fourth-order valence-corrected chi connectivity index (χ4v) is 6.08. The Morgan fingerprint density at radius 2 is 1.48 bits per heavy atom. The van der Waals surface area contributed by atoms with E-state index in [2.05, 4.69) is 78.9 Å². The molecule has 1 N–H and O–H groups in total. The second-order valence-electron chi connectivity index (χ2n) is 12.4. The van der Waals surface area contributed by atoms with E-state index >= 15 is 0 Å². The van der Waals surface area contributed by atoms with E-state index in [-0.39, 0.29) is 32.2 Å². The number of pyridine rings is 1.